The smallest absolute Gasteiger partial charge is 0.150 e. The van der Waals surface area contributed by atoms with Gasteiger partial charge in [0.2, 0.25) is 0 Å². The molecule has 0 amide bonds. The van der Waals surface area contributed by atoms with Crippen LogP contribution in [0.4, 0.5) is 4.39 Å². The molecular weight excluding hydrogens is 284 g/mol. The first kappa shape index (κ1) is 11.2. The molecule has 0 radical (unpaired) electrons. The second-order valence-corrected chi connectivity index (χ2v) is 4.75. The van der Waals surface area contributed by atoms with Crippen molar-refractivity contribution < 1.29 is 9.13 Å². The lowest BCUT2D eigenvalue weighted by atomic mass is 10.0. The van der Waals surface area contributed by atoms with Crippen molar-refractivity contribution >= 4 is 27.5 Å². The van der Waals surface area contributed by atoms with Crippen LogP contribution < -0.4 is 10.1 Å². The van der Waals surface area contributed by atoms with Crippen LogP contribution in [-0.4, -0.2) is 13.2 Å². The Morgan fingerprint density at radius 3 is 2.87 bits per heavy atom. The molecule has 0 spiro atoms. The summed E-state index contributed by atoms with van der Waals surface area (Å²) in [4.78, 5) is 0. The van der Waals surface area contributed by atoms with E-state index < -0.39 is 5.82 Å². The van der Waals surface area contributed by atoms with Gasteiger partial charge in [0.1, 0.15) is 17.7 Å². The summed E-state index contributed by atoms with van der Waals surface area (Å²) in [5, 5.41) is 3.13. The van der Waals surface area contributed by atoms with E-state index in [0.29, 0.717) is 15.8 Å². The fraction of sp³-hybridized carbons (Fsp3) is 0.400. The second kappa shape index (κ2) is 3.92. The number of likely N-dealkylation sites (N-methyl/N-ethyl adjacent to an activating group) is 1. The molecule has 1 aromatic carbocycles. The normalized spacial score (nSPS) is 23.8. The summed E-state index contributed by atoms with van der Waals surface area (Å²) in [5.41, 5.74) is 0.504. The summed E-state index contributed by atoms with van der Waals surface area (Å²) < 4.78 is 20.1. The third-order valence-electron chi connectivity index (χ3n) is 2.56. The Hall–Kier alpha value is -0.320. The van der Waals surface area contributed by atoms with E-state index in [2.05, 4.69) is 21.2 Å². The minimum atomic E-state index is -0.404. The molecule has 0 bridgehead atoms. The van der Waals surface area contributed by atoms with Crippen molar-refractivity contribution in [2.24, 2.45) is 0 Å². The number of hydrogen-bond donors (Lipinski definition) is 1. The first-order valence-electron chi connectivity index (χ1n) is 4.57. The zero-order valence-electron chi connectivity index (χ0n) is 8.27. The Labute approximate surface area is 101 Å². The maximum absolute atomic E-state index is 13.8. The third-order valence-corrected chi connectivity index (χ3v) is 3.42. The van der Waals surface area contributed by atoms with Crippen LogP contribution in [0.5, 0.6) is 5.75 Å². The Bertz CT molecular complexity index is 413. The molecule has 2 rings (SSSR count). The highest BCUT2D eigenvalue weighted by Gasteiger charge is 2.35. The van der Waals surface area contributed by atoms with Crippen LogP contribution in [0, 0.1) is 5.82 Å². The van der Waals surface area contributed by atoms with E-state index in [4.69, 9.17) is 16.3 Å². The lowest BCUT2D eigenvalue weighted by Gasteiger charge is -2.13. The predicted molar refractivity (Wildman–Crippen MR) is 61.0 cm³/mol. The topological polar surface area (TPSA) is 21.3 Å². The Morgan fingerprint density at radius 2 is 2.27 bits per heavy atom. The molecule has 0 fully saturated rings. The quantitative estimate of drug-likeness (QED) is 0.803. The average molecular weight is 295 g/mol. The monoisotopic (exact) mass is 293 g/mol. The number of nitrogens with one attached hydrogen (secondary N) is 1. The van der Waals surface area contributed by atoms with Gasteiger partial charge < -0.3 is 10.1 Å². The highest BCUT2D eigenvalue weighted by atomic mass is 79.9. The van der Waals surface area contributed by atoms with Gasteiger partial charge >= 0.3 is 0 Å². The van der Waals surface area contributed by atoms with Crippen LogP contribution in [0.1, 0.15) is 18.5 Å². The van der Waals surface area contributed by atoms with E-state index in [9.17, 15) is 4.39 Å². The van der Waals surface area contributed by atoms with E-state index >= 15 is 0 Å². The van der Waals surface area contributed by atoms with Crippen LogP contribution in [0.25, 0.3) is 0 Å². The molecule has 1 aliphatic heterocycles. The number of halogens is 3. The molecule has 0 aliphatic carbocycles. The first-order chi connectivity index (χ1) is 7.06. The van der Waals surface area contributed by atoms with Gasteiger partial charge in [-0.1, -0.05) is 11.6 Å². The van der Waals surface area contributed by atoms with Gasteiger partial charge in [-0.25, -0.2) is 4.39 Å². The SMILES string of the molecule is CNC1c2c(F)c(Cl)cc(Br)c2OC1C. The summed E-state index contributed by atoms with van der Waals surface area (Å²) in [7, 11) is 1.77. The molecule has 1 N–H and O–H groups in total. The molecule has 0 aromatic heterocycles. The lowest BCUT2D eigenvalue weighted by Crippen LogP contribution is -2.26. The molecule has 1 aliphatic rings. The number of fused-ring (bicyclic) bond motifs is 1. The van der Waals surface area contributed by atoms with Crippen molar-refractivity contribution in [1.82, 2.24) is 5.32 Å². The summed E-state index contributed by atoms with van der Waals surface area (Å²) >= 11 is 9.09. The summed E-state index contributed by atoms with van der Waals surface area (Å²) in [6.45, 7) is 1.89. The molecule has 15 heavy (non-hydrogen) atoms. The molecule has 82 valence electrons. The highest BCUT2D eigenvalue weighted by molar-refractivity contribution is 9.10. The zero-order valence-corrected chi connectivity index (χ0v) is 10.6. The fourth-order valence-electron chi connectivity index (χ4n) is 1.86. The van der Waals surface area contributed by atoms with Crippen LogP contribution in [-0.2, 0) is 0 Å². The minimum Gasteiger partial charge on any atom is -0.487 e. The molecule has 2 atom stereocenters. The lowest BCUT2D eigenvalue weighted by molar-refractivity contribution is 0.213. The number of benzene rings is 1. The molecule has 5 heteroatoms. The van der Waals surface area contributed by atoms with E-state index in [1.807, 2.05) is 6.92 Å². The molecule has 1 aromatic rings. The second-order valence-electron chi connectivity index (χ2n) is 3.49. The van der Waals surface area contributed by atoms with Crippen molar-refractivity contribution in [2.75, 3.05) is 7.05 Å². The maximum atomic E-state index is 13.8. The van der Waals surface area contributed by atoms with Crippen molar-refractivity contribution in [2.45, 2.75) is 19.1 Å². The Kier molecular flexibility index (Phi) is 2.92. The minimum absolute atomic E-state index is 0.103. The number of hydrogen-bond acceptors (Lipinski definition) is 2. The van der Waals surface area contributed by atoms with Crippen LogP contribution >= 0.6 is 27.5 Å². The van der Waals surface area contributed by atoms with Gasteiger partial charge in [0, 0.05) is 0 Å². The standard InChI is InChI=1S/C10H10BrClFNO/c1-4-9(14-2)7-8(13)6(12)3-5(11)10(7)15-4/h3-4,9,14H,1-2H3. The van der Waals surface area contributed by atoms with Gasteiger partial charge in [0.25, 0.3) is 0 Å². The summed E-state index contributed by atoms with van der Waals surface area (Å²) in [6.07, 6.45) is -0.103. The van der Waals surface area contributed by atoms with E-state index in [1.54, 1.807) is 7.05 Å². The summed E-state index contributed by atoms with van der Waals surface area (Å²) in [5.74, 6) is 0.141. The third kappa shape index (κ3) is 1.65. The molecule has 0 saturated heterocycles. The largest absolute Gasteiger partial charge is 0.487 e. The Balaban J connectivity index is 2.63. The van der Waals surface area contributed by atoms with Crippen LogP contribution in [0.3, 0.4) is 0 Å². The van der Waals surface area contributed by atoms with Crippen LogP contribution in [0.2, 0.25) is 5.02 Å². The molecule has 1 heterocycles. The van der Waals surface area contributed by atoms with Crippen LogP contribution in [0.15, 0.2) is 10.5 Å². The van der Waals surface area contributed by atoms with E-state index in [0.717, 1.165) is 0 Å². The highest BCUT2D eigenvalue weighted by Crippen LogP contribution is 2.45. The number of rotatable bonds is 1. The first-order valence-corrected chi connectivity index (χ1v) is 5.74. The van der Waals surface area contributed by atoms with Crippen molar-refractivity contribution in [3.05, 3.63) is 26.9 Å². The van der Waals surface area contributed by atoms with Crippen molar-refractivity contribution in [3.63, 3.8) is 0 Å². The van der Waals surface area contributed by atoms with Gasteiger partial charge in [-0.05, 0) is 36.0 Å². The Morgan fingerprint density at radius 1 is 1.60 bits per heavy atom. The summed E-state index contributed by atoms with van der Waals surface area (Å²) in [6, 6.07) is 1.36. The van der Waals surface area contributed by atoms with Gasteiger partial charge in [-0.15, -0.1) is 0 Å². The van der Waals surface area contributed by atoms with Crippen molar-refractivity contribution in [1.29, 1.82) is 0 Å². The van der Waals surface area contributed by atoms with Gasteiger partial charge in [-0.2, -0.15) is 0 Å². The molecule has 2 nitrogen and oxygen atoms in total. The van der Waals surface area contributed by atoms with E-state index in [-0.39, 0.29) is 17.2 Å². The zero-order chi connectivity index (χ0) is 11.2. The van der Waals surface area contributed by atoms with Gasteiger partial charge in [-0.3, -0.25) is 0 Å². The maximum Gasteiger partial charge on any atom is 0.150 e. The molecular formula is C10H10BrClFNO. The van der Waals surface area contributed by atoms with Gasteiger partial charge in [0.05, 0.1) is 21.1 Å². The predicted octanol–water partition coefficient (Wildman–Crippen LogP) is 3.28. The molecule has 2 unspecified atom stereocenters. The fourth-order valence-corrected chi connectivity index (χ4v) is 2.74. The average Bonchev–Trinajstić information content (AvgIpc) is 2.52. The van der Waals surface area contributed by atoms with Crippen molar-refractivity contribution in [3.8, 4) is 5.75 Å². The van der Waals surface area contributed by atoms with E-state index in [1.165, 1.54) is 6.07 Å². The van der Waals surface area contributed by atoms with Gasteiger partial charge in [0.15, 0.2) is 0 Å². The molecule has 0 saturated carbocycles. The number of ether oxygens (including phenoxy) is 1.